The number of nitrogens with zero attached hydrogens (tertiary/aromatic N) is 1. The molecule has 0 aromatic heterocycles. The molecule has 3 heteroatoms. The van der Waals surface area contributed by atoms with Gasteiger partial charge in [-0.25, -0.2) is 0 Å². The van der Waals surface area contributed by atoms with Gasteiger partial charge < -0.3 is 5.11 Å². The highest BCUT2D eigenvalue weighted by Crippen LogP contribution is 2.21. The number of hydrogen-bond donors (Lipinski definition) is 1. The summed E-state index contributed by atoms with van der Waals surface area (Å²) < 4.78 is 0. The minimum Gasteiger partial charge on any atom is -0.392 e. The first-order chi connectivity index (χ1) is 6.11. The second-order valence-electron chi connectivity index (χ2n) is 3.79. The Morgan fingerprint density at radius 3 is 2.92 bits per heavy atom. The summed E-state index contributed by atoms with van der Waals surface area (Å²) in [6, 6.07) is 0.268. The molecule has 0 spiro atoms. The van der Waals surface area contributed by atoms with Gasteiger partial charge in [0.15, 0.2) is 0 Å². The number of hydrogen-bond acceptors (Lipinski definition) is 2. The average Bonchev–Trinajstić information content (AvgIpc) is 2.03. The van der Waals surface area contributed by atoms with Crippen molar-refractivity contribution in [3.63, 3.8) is 0 Å². The van der Waals surface area contributed by atoms with Crippen molar-refractivity contribution < 1.29 is 5.11 Å². The second kappa shape index (κ2) is 4.99. The van der Waals surface area contributed by atoms with Gasteiger partial charge in [0.25, 0.3) is 0 Å². The molecule has 1 heterocycles. The van der Waals surface area contributed by atoms with Crippen molar-refractivity contribution in [3.05, 3.63) is 11.6 Å². The first kappa shape index (κ1) is 11.0. The van der Waals surface area contributed by atoms with Gasteiger partial charge in [-0.3, -0.25) is 4.90 Å². The molecule has 1 saturated heterocycles. The summed E-state index contributed by atoms with van der Waals surface area (Å²) >= 11 is 5.76. The summed E-state index contributed by atoms with van der Waals surface area (Å²) in [6.45, 7) is 7.27. The average molecular weight is 204 g/mol. The summed E-state index contributed by atoms with van der Waals surface area (Å²) in [5, 5.41) is 10.2. The zero-order valence-electron chi connectivity index (χ0n) is 8.17. The van der Waals surface area contributed by atoms with Gasteiger partial charge in [-0.15, -0.1) is 0 Å². The Balaban J connectivity index is 2.51. The van der Waals surface area contributed by atoms with Crippen LogP contribution in [0.25, 0.3) is 0 Å². The van der Waals surface area contributed by atoms with Gasteiger partial charge >= 0.3 is 0 Å². The van der Waals surface area contributed by atoms with E-state index in [0.29, 0.717) is 11.6 Å². The Labute approximate surface area is 85.2 Å². The van der Waals surface area contributed by atoms with Crippen LogP contribution < -0.4 is 0 Å². The minimum atomic E-state index is -0.267. The third-order valence-corrected chi connectivity index (χ3v) is 2.72. The van der Waals surface area contributed by atoms with E-state index in [0.717, 1.165) is 13.0 Å². The topological polar surface area (TPSA) is 23.5 Å². The van der Waals surface area contributed by atoms with Gasteiger partial charge in [0.2, 0.25) is 0 Å². The molecule has 0 aromatic carbocycles. The van der Waals surface area contributed by atoms with E-state index in [1.165, 1.54) is 12.8 Å². The molecule has 2 nitrogen and oxygen atoms in total. The smallest absolute Gasteiger partial charge is 0.0667 e. The van der Waals surface area contributed by atoms with Crippen LogP contribution >= 0.6 is 11.6 Å². The van der Waals surface area contributed by atoms with Gasteiger partial charge in [-0.05, 0) is 26.3 Å². The molecular weight excluding hydrogens is 186 g/mol. The van der Waals surface area contributed by atoms with Gasteiger partial charge in [-0.2, -0.15) is 0 Å². The molecule has 0 amide bonds. The van der Waals surface area contributed by atoms with Crippen LogP contribution in [-0.4, -0.2) is 35.2 Å². The first-order valence-corrected chi connectivity index (χ1v) is 5.24. The van der Waals surface area contributed by atoms with Crippen LogP contribution in [0.1, 0.15) is 26.2 Å². The third kappa shape index (κ3) is 3.29. The molecule has 0 aliphatic carbocycles. The van der Waals surface area contributed by atoms with Gasteiger partial charge in [0.1, 0.15) is 0 Å². The molecular formula is C10H18ClNO. The summed E-state index contributed by atoms with van der Waals surface area (Å²) in [5.74, 6) is 0. The Morgan fingerprint density at radius 2 is 2.38 bits per heavy atom. The normalized spacial score (nSPS) is 27.2. The molecule has 1 N–H and O–H groups in total. The van der Waals surface area contributed by atoms with Crippen molar-refractivity contribution in [2.24, 2.45) is 0 Å². The third-order valence-electron chi connectivity index (χ3n) is 2.60. The SMILES string of the molecule is C=C(Cl)CN1CCCC[C@@H]1[C@H](C)O. The molecule has 0 bridgehead atoms. The minimum absolute atomic E-state index is 0.267. The maximum absolute atomic E-state index is 9.55. The van der Waals surface area contributed by atoms with Gasteiger partial charge in [0.05, 0.1) is 6.10 Å². The highest BCUT2D eigenvalue weighted by Gasteiger charge is 2.25. The van der Waals surface area contributed by atoms with E-state index in [-0.39, 0.29) is 12.1 Å². The van der Waals surface area contributed by atoms with Gasteiger partial charge in [0, 0.05) is 17.6 Å². The highest BCUT2D eigenvalue weighted by molar-refractivity contribution is 6.29. The lowest BCUT2D eigenvalue weighted by Crippen LogP contribution is -2.46. The summed E-state index contributed by atoms with van der Waals surface area (Å²) in [4.78, 5) is 2.23. The largest absolute Gasteiger partial charge is 0.392 e. The monoisotopic (exact) mass is 203 g/mol. The molecule has 1 aliphatic rings. The van der Waals surface area contributed by atoms with Crippen molar-refractivity contribution in [3.8, 4) is 0 Å². The maximum Gasteiger partial charge on any atom is 0.0667 e. The number of likely N-dealkylation sites (tertiary alicyclic amines) is 1. The van der Waals surface area contributed by atoms with Crippen LogP contribution in [-0.2, 0) is 0 Å². The molecule has 0 radical (unpaired) electrons. The van der Waals surface area contributed by atoms with Crippen molar-refractivity contribution in [1.29, 1.82) is 0 Å². The van der Waals surface area contributed by atoms with Crippen molar-refractivity contribution in [2.45, 2.75) is 38.3 Å². The first-order valence-electron chi connectivity index (χ1n) is 4.86. The van der Waals surface area contributed by atoms with Crippen LogP contribution in [0.3, 0.4) is 0 Å². The fraction of sp³-hybridized carbons (Fsp3) is 0.800. The van der Waals surface area contributed by atoms with Crippen LogP contribution in [0, 0.1) is 0 Å². The predicted octanol–water partition coefficient (Wildman–Crippen LogP) is 1.97. The van der Waals surface area contributed by atoms with E-state index in [9.17, 15) is 5.11 Å². The summed E-state index contributed by atoms with van der Waals surface area (Å²) in [6.07, 6.45) is 3.21. The maximum atomic E-state index is 9.55. The van der Waals surface area contributed by atoms with E-state index in [4.69, 9.17) is 11.6 Å². The zero-order valence-corrected chi connectivity index (χ0v) is 8.93. The molecule has 1 aliphatic heterocycles. The lowest BCUT2D eigenvalue weighted by molar-refractivity contribution is 0.0433. The van der Waals surface area contributed by atoms with Crippen LogP contribution in [0.4, 0.5) is 0 Å². The lowest BCUT2D eigenvalue weighted by Gasteiger charge is -2.37. The van der Waals surface area contributed by atoms with E-state index < -0.39 is 0 Å². The molecule has 13 heavy (non-hydrogen) atoms. The second-order valence-corrected chi connectivity index (χ2v) is 4.33. The van der Waals surface area contributed by atoms with E-state index in [1.807, 2.05) is 6.92 Å². The Kier molecular flexibility index (Phi) is 4.23. The van der Waals surface area contributed by atoms with E-state index in [1.54, 1.807) is 0 Å². The predicted molar refractivity (Wildman–Crippen MR) is 55.9 cm³/mol. The molecule has 0 aromatic rings. The Morgan fingerprint density at radius 1 is 1.69 bits per heavy atom. The molecule has 76 valence electrons. The van der Waals surface area contributed by atoms with Crippen LogP contribution in [0.15, 0.2) is 11.6 Å². The Bertz CT molecular complexity index is 182. The van der Waals surface area contributed by atoms with Crippen LogP contribution in [0.2, 0.25) is 0 Å². The molecule has 0 unspecified atom stereocenters. The Hall–Kier alpha value is -0.0500. The molecule has 1 rings (SSSR count). The van der Waals surface area contributed by atoms with Crippen molar-refractivity contribution >= 4 is 11.6 Å². The number of halogens is 1. The van der Waals surface area contributed by atoms with Crippen molar-refractivity contribution in [2.75, 3.05) is 13.1 Å². The summed E-state index contributed by atoms with van der Waals surface area (Å²) in [5.41, 5.74) is 0. The summed E-state index contributed by atoms with van der Waals surface area (Å²) in [7, 11) is 0. The number of aliphatic hydroxyl groups excluding tert-OH is 1. The number of rotatable bonds is 3. The zero-order chi connectivity index (χ0) is 9.84. The molecule has 0 saturated carbocycles. The number of aliphatic hydroxyl groups is 1. The number of piperidine rings is 1. The fourth-order valence-electron chi connectivity index (χ4n) is 1.98. The van der Waals surface area contributed by atoms with Crippen LogP contribution in [0.5, 0.6) is 0 Å². The molecule has 1 fully saturated rings. The van der Waals surface area contributed by atoms with Gasteiger partial charge in [-0.1, -0.05) is 24.6 Å². The fourth-order valence-corrected chi connectivity index (χ4v) is 2.13. The highest BCUT2D eigenvalue weighted by atomic mass is 35.5. The lowest BCUT2D eigenvalue weighted by atomic mass is 9.98. The quantitative estimate of drug-likeness (QED) is 0.759. The van der Waals surface area contributed by atoms with E-state index in [2.05, 4.69) is 11.5 Å². The van der Waals surface area contributed by atoms with E-state index >= 15 is 0 Å². The standard InChI is InChI=1S/C10H18ClNO/c1-8(11)7-12-6-4-3-5-10(12)9(2)13/h9-10,13H,1,3-7H2,2H3/t9-,10+/m0/s1. The molecule has 2 atom stereocenters. The van der Waals surface area contributed by atoms with Crippen molar-refractivity contribution in [1.82, 2.24) is 4.90 Å².